The summed E-state index contributed by atoms with van der Waals surface area (Å²) in [5.74, 6) is 1.64. The molecule has 2 saturated heterocycles. The lowest BCUT2D eigenvalue weighted by molar-refractivity contribution is 0.0535. The topological polar surface area (TPSA) is 80.9 Å². The smallest absolute Gasteiger partial charge is 0.119 e. The van der Waals surface area contributed by atoms with E-state index in [2.05, 4.69) is 40.5 Å². The highest BCUT2D eigenvalue weighted by molar-refractivity contribution is 5.41. The molecule has 2 heterocycles. The maximum Gasteiger partial charge on any atom is 0.119 e. The number of benzene rings is 2. The van der Waals surface area contributed by atoms with E-state index in [-0.39, 0.29) is 0 Å². The van der Waals surface area contributed by atoms with Gasteiger partial charge in [0.2, 0.25) is 0 Å². The third-order valence-corrected chi connectivity index (χ3v) is 6.13. The second-order valence-corrected chi connectivity index (χ2v) is 8.86. The van der Waals surface area contributed by atoms with Crippen molar-refractivity contribution in [1.29, 1.82) is 0 Å². The minimum atomic E-state index is 0.767. The van der Waals surface area contributed by atoms with Crippen LogP contribution in [0.4, 0.5) is 11.4 Å². The van der Waals surface area contributed by atoms with Crippen molar-refractivity contribution < 1.29 is 9.47 Å². The fourth-order valence-electron chi connectivity index (χ4n) is 4.19. The highest BCUT2D eigenvalue weighted by atomic mass is 16.5. The number of hydrogen-bond acceptors (Lipinski definition) is 8. The van der Waals surface area contributed by atoms with Crippen LogP contribution in [-0.2, 0) is 0 Å². The van der Waals surface area contributed by atoms with E-state index in [1.807, 2.05) is 48.5 Å². The lowest BCUT2D eigenvalue weighted by atomic mass is 10.3. The Kier molecular flexibility index (Phi) is 9.24. The SMILES string of the molecule is COc1ccc(N=NN2CCCCN(CN3CCCCN(N=Nc4ccc(OC)cc4)C3)C2)cc1. The van der Waals surface area contributed by atoms with E-state index in [1.54, 1.807) is 14.2 Å². The number of hydrogen-bond donors (Lipinski definition) is 0. The predicted molar refractivity (Wildman–Crippen MR) is 135 cm³/mol. The molecule has 10 heteroatoms. The Balaban J connectivity index is 1.31. The summed E-state index contributed by atoms with van der Waals surface area (Å²) in [5, 5.41) is 22.0. The maximum atomic E-state index is 5.21. The first-order chi connectivity index (χ1) is 17.2. The number of nitrogens with zero attached hydrogens (tertiary/aromatic N) is 8. The van der Waals surface area contributed by atoms with Crippen molar-refractivity contribution in [3.05, 3.63) is 48.5 Å². The molecule has 2 aliphatic rings. The van der Waals surface area contributed by atoms with E-state index in [4.69, 9.17) is 9.47 Å². The van der Waals surface area contributed by atoms with E-state index in [9.17, 15) is 0 Å². The first-order valence-electron chi connectivity index (χ1n) is 12.3. The quantitative estimate of drug-likeness (QED) is 0.491. The summed E-state index contributed by atoms with van der Waals surface area (Å²) in [6.45, 7) is 6.35. The van der Waals surface area contributed by atoms with Gasteiger partial charge in [-0.25, -0.2) is 0 Å². The second kappa shape index (κ2) is 13.0. The zero-order valence-electron chi connectivity index (χ0n) is 20.8. The molecule has 10 nitrogen and oxygen atoms in total. The van der Waals surface area contributed by atoms with Crippen LogP contribution in [0.3, 0.4) is 0 Å². The van der Waals surface area contributed by atoms with Crippen molar-refractivity contribution in [2.75, 3.05) is 60.4 Å². The summed E-state index contributed by atoms with van der Waals surface area (Å²) in [6.07, 6.45) is 4.53. The summed E-state index contributed by atoms with van der Waals surface area (Å²) >= 11 is 0. The first kappa shape index (κ1) is 24.9. The molecule has 0 radical (unpaired) electrons. The van der Waals surface area contributed by atoms with Crippen LogP contribution in [-0.4, -0.2) is 80.2 Å². The molecule has 188 valence electrons. The average molecular weight is 481 g/mol. The van der Waals surface area contributed by atoms with Gasteiger partial charge in [0, 0.05) is 26.2 Å². The van der Waals surface area contributed by atoms with Gasteiger partial charge < -0.3 is 9.47 Å². The van der Waals surface area contributed by atoms with Crippen LogP contribution in [0.25, 0.3) is 0 Å². The van der Waals surface area contributed by atoms with Crippen LogP contribution >= 0.6 is 0 Å². The van der Waals surface area contributed by atoms with Crippen LogP contribution in [0, 0.1) is 0 Å². The van der Waals surface area contributed by atoms with Crippen LogP contribution in [0.1, 0.15) is 25.7 Å². The predicted octanol–water partition coefficient (Wildman–Crippen LogP) is 5.07. The molecule has 35 heavy (non-hydrogen) atoms. The minimum Gasteiger partial charge on any atom is -0.497 e. The fourth-order valence-corrected chi connectivity index (χ4v) is 4.19. The third-order valence-electron chi connectivity index (χ3n) is 6.13. The molecular weight excluding hydrogens is 444 g/mol. The van der Waals surface area contributed by atoms with Gasteiger partial charge in [-0.15, -0.1) is 10.2 Å². The number of rotatable bonds is 8. The van der Waals surface area contributed by atoms with Gasteiger partial charge in [-0.1, -0.05) is 10.4 Å². The molecule has 0 spiro atoms. The highest BCUT2D eigenvalue weighted by Gasteiger charge is 2.20. The maximum absolute atomic E-state index is 5.21. The van der Waals surface area contributed by atoms with Gasteiger partial charge in [-0.2, -0.15) is 0 Å². The molecule has 2 aliphatic heterocycles. The minimum absolute atomic E-state index is 0.767. The molecule has 2 aromatic rings. The Morgan fingerprint density at radius 1 is 0.600 bits per heavy atom. The molecule has 0 N–H and O–H groups in total. The lowest BCUT2D eigenvalue weighted by Gasteiger charge is -2.31. The summed E-state index contributed by atoms with van der Waals surface area (Å²) in [5.41, 5.74) is 1.65. The number of ether oxygens (including phenoxy) is 2. The van der Waals surface area contributed by atoms with Crippen molar-refractivity contribution in [2.45, 2.75) is 25.7 Å². The van der Waals surface area contributed by atoms with Crippen LogP contribution in [0.5, 0.6) is 11.5 Å². The van der Waals surface area contributed by atoms with E-state index >= 15 is 0 Å². The Bertz CT molecular complexity index is 873. The van der Waals surface area contributed by atoms with Crippen molar-refractivity contribution in [2.24, 2.45) is 20.7 Å². The molecule has 0 aliphatic carbocycles. The average Bonchev–Trinajstić information content (AvgIpc) is 3.27. The van der Waals surface area contributed by atoms with Crippen molar-refractivity contribution in [3.63, 3.8) is 0 Å². The molecule has 2 fully saturated rings. The molecule has 0 aromatic heterocycles. The Morgan fingerprint density at radius 2 is 1.00 bits per heavy atom. The summed E-state index contributed by atoms with van der Waals surface area (Å²) in [6, 6.07) is 15.3. The van der Waals surface area contributed by atoms with E-state index < -0.39 is 0 Å². The molecule has 0 amide bonds. The van der Waals surface area contributed by atoms with Gasteiger partial charge in [-0.3, -0.25) is 19.8 Å². The molecule has 0 saturated carbocycles. The summed E-state index contributed by atoms with van der Waals surface area (Å²) in [7, 11) is 3.32. The summed E-state index contributed by atoms with van der Waals surface area (Å²) < 4.78 is 10.4. The largest absolute Gasteiger partial charge is 0.497 e. The molecule has 0 atom stereocenters. The van der Waals surface area contributed by atoms with Crippen molar-refractivity contribution in [3.8, 4) is 11.5 Å². The van der Waals surface area contributed by atoms with Gasteiger partial charge in [0.15, 0.2) is 0 Å². The monoisotopic (exact) mass is 480 g/mol. The Hall–Kier alpha value is -3.24. The van der Waals surface area contributed by atoms with Gasteiger partial charge in [0.05, 0.1) is 45.6 Å². The van der Waals surface area contributed by atoms with E-state index in [0.29, 0.717) is 0 Å². The van der Waals surface area contributed by atoms with Gasteiger partial charge in [0.1, 0.15) is 11.5 Å². The van der Waals surface area contributed by atoms with Crippen LogP contribution in [0.2, 0.25) is 0 Å². The zero-order valence-corrected chi connectivity index (χ0v) is 20.8. The molecule has 4 rings (SSSR count). The van der Waals surface area contributed by atoms with Crippen LogP contribution in [0.15, 0.2) is 69.2 Å². The standard InChI is InChI=1S/C25H36N8O2/c1-34-24-11-7-22(8-12-24)26-28-32-17-5-3-15-30(20-32)19-31-16-4-6-18-33(21-31)29-27-23-9-13-25(35-2)14-10-23/h7-14H,3-6,15-21H2,1-2H3. The van der Waals surface area contributed by atoms with Crippen molar-refractivity contribution in [1.82, 2.24) is 19.8 Å². The van der Waals surface area contributed by atoms with Crippen LogP contribution < -0.4 is 9.47 Å². The highest BCUT2D eigenvalue weighted by Crippen LogP contribution is 2.20. The van der Waals surface area contributed by atoms with Crippen molar-refractivity contribution >= 4 is 11.4 Å². The lowest BCUT2D eigenvalue weighted by Crippen LogP contribution is -2.44. The Morgan fingerprint density at radius 3 is 1.40 bits per heavy atom. The molecule has 2 aromatic carbocycles. The second-order valence-electron chi connectivity index (χ2n) is 8.86. The first-order valence-corrected chi connectivity index (χ1v) is 12.3. The van der Waals surface area contributed by atoms with Gasteiger partial charge in [0.25, 0.3) is 0 Å². The van der Waals surface area contributed by atoms with Gasteiger partial charge in [-0.05, 0) is 74.2 Å². The third kappa shape index (κ3) is 7.90. The normalized spacial score (nSPS) is 18.7. The van der Waals surface area contributed by atoms with E-state index in [0.717, 1.165) is 94.7 Å². The van der Waals surface area contributed by atoms with E-state index in [1.165, 1.54) is 0 Å². The molecular formula is C25H36N8O2. The molecule has 0 bridgehead atoms. The van der Waals surface area contributed by atoms with Gasteiger partial charge >= 0.3 is 0 Å². The summed E-state index contributed by atoms with van der Waals surface area (Å²) in [4.78, 5) is 4.90. The fraction of sp³-hybridized carbons (Fsp3) is 0.520. The molecule has 0 unspecified atom stereocenters. The zero-order chi connectivity index (χ0) is 24.3. The Labute approximate surface area is 207 Å². The number of methoxy groups -OCH3 is 2.